The van der Waals surface area contributed by atoms with E-state index in [2.05, 4.69) is 15.9 Å². The Labute approximate surface area is 163 Å². The predicted molar refractivity (Wildman–Crippen MR) is 102 cm³/mol. The van der Waals surface area contributed by atoms with Crippen molar-refractivity contribution in [3.63, 3.8) is 0 Å². The van der Waals surface area contributed by atoms with Crippen molar-refractivity contribution < 1.29 is 23.5 Å². The highest BCUT2D eigenvalue weighted by atomic mass is 79.9. The molecule has 0 amide bonds. The Morgan fingerprint density at radius 1 is 0.852 bits per heavy atom. The monoisotopic (exact) mass is 428 g/mol. The van der Waals surface area contributed by atoms with E-state index in [9.17, 15) is 14.0 Å². The van der Waals surface area contributed by atoms with Crippen LogP contribution in [0.15, 0.2) is 71.2 Å². The first kappa shape index (κ1) is 18.8. The highest BCUT2D eigenvalue weighted by Crippen LogP contribution is 2.24. The van der Waals surface area contributed by atoms with Crippen molar-refractivity contribution in [2.24, 2.45) is 0 Å². The highest BCUT2D eigenvalue weighted by Gasteiger charge is 2.15. The quantitative estimate of drug-likeness (QED) is 0.324. The number of carbonyl (C=O) groups excluding carboxylic acids is 2. The van der Waals surface area contributed by atoms with Gasteiger partial charge in [-0.05, 0) is 82.7 Å². The third kappa shape index (κ3) is 4.41. The van der Waals surface area contributed by atoms with Crippen LogP contribution in [0.1, 0.15) is 26.3 Å². The number of esters is 1. The number of ketones is 1. The van der Waals surface area contributed by atoms with Crippen molar-refractivity contribution in [3.8, 4) is 11.5 Å². The minimum absolute atomic E-state index is 0.247. The molecule has 0 aliphatic rings. The number of benzene rings is 3. The standard InChI is InChI=1S/C21H14BrFO4/c1-26-17-10-11-19(22)18(12-17)21(25)27-16-8-4-14(5-9-16)20(24)13-2-6-15(23)7-3-13/h2-12H,1H3. The Morgan fingerprint density at radius 2 is 1.41 bits per heavy atom. The second-order valence-corrected chi connectivity index (χ2v) is 6.45. The molecule has 136 valence electrons. The predicted octanol–water partition coefficient (Wildman–Crippen LogP) is 5.05. The number of halogens is 2. The zero-order valence-electron chi connectivity index (χ0n) is 14.2. The molecule has 0 saturated heterocycles. The van der Waals surface area contributed by atoms with E-state index in [1.807, 2.05) is 0 Å². The second kappa shape index (κ2) is 8.14. The van der Waals surface area contributed by atoms with Gasteiger partial charge in [0, 0.05) is 15.6 Å². The number of rotatable bonds is 5. The van der Waals surface area contributed by atoms with Crippen molar-refractivity contribution in [2.45, 2.75) is 0 Å². The average molecular weight is 429 g/mol. The lowest BCUT2D eigenvalue weighted by atomic mass is 10.0. The van der Waals surface area contributed by atoms with Crippen LogP contribution in [0.3, 0.4) is 0 Å². The molecule has 4 nitrogen and oxygen atoms in total. The number of hydrogen-bond donors (Lipinski definition) is 0. The van der Waals surface area contributed by atoms with E-state index in [0.29, 0.717) is 32.7 Å². The van der Waals surface area contributed by atoms with Gasteiger partial charge in [-0.25, -0.2) is 9.18 Å². The summed E-state index contributed by atoms with van der Waals surface area (Å²) in [5.74, 6) is -0.380. The Morgan fingerprint density at radius 3 is 2.00 bits per heavy atom. The van der Waals surface area contributed by atoms with Gasteiger partial charge in [-0.2, -0.15) is 0 Å². The van der Waals surface area contributed by atoms with Gasteiger partial charge in [0.05, 0.1) is 12.7 Å². The van der Waals surface area contributed by atoms with Crippen LogP contribution < -0.4 is 9.47 Å². The lowest BCUT2D eigenvalue weighted by Crippen LogP contribution is -2.10. The van der Waals surface area contributed by atoms with Gasteiger partial charge < -0.3 is 9.47 Å². The summed E-state index contributed by atoms with van der Waals surface area (Å²) in [6, 6.07) is 16.5. The van der Waals surface area contributed by atoms with E-state index in [4.69, 9.17) is 9.47 Å². The van der Waals surface area contributed by atoms with E-state index in [1.54, 1.807) is 30.3 Å². The maximum Gasteiger partial charge on any atom is 0.344 e. The summed E-state index contributed by atoms with van der Waals surface area (Å²) in [6.45, 7) is 0. The average Bonchev–Trinajstić information content (AvgIpc) is 2.69. The van der Waals surface area contributed by atoms with Crippen LogP contribution in [0.4, 0.5) is 4.39 Å². The van der Waals surface area contributed by atoms with Gasteiger partial charge in [0.25, 0.3) is 0 Å². The van der Waals surface area contributed by atoms with Crippen LogP contribution in [0.2, 0.25) is 0 Å². The SMILES string of the molecule is COc1ccc(Br)c(C(=O)Oc2ccc(C(=O)c3ccc(F)cc3)cc2)c1. The Hall–Kier alpha value is -2.99. The van der Waals surface area contributed by atoms with Crippen LogP contribution in [0.5, 0.6) is 11.5 Å². The molecule has 0 bridgehead atoms. The molecular formula is C21H14BrFO4. The fraction of sp³-hybridized carbons (Fsp3) is 0.0476. The van der Waals surface area contributed by atoms with Crippen molar-refractivity contribution in [1.82, 2.24) is 0 Å². The lowest BCUT2D eigenvalue weighted by Gasteiger charge is -2.08. The Kier molecular flexibility index (Phi) is 5.66. The molecule has 3 aromatic rings. The molecule has 3 rings (SSSR count). The minimum Gasteiger partial charge on any atom is -0.497 e. The van der Waals surface area contributed by atoms with Crippen molar-refractivity contribution in [1.29, 1.82) is 0 Å². The fourth-order valence-electron chi connectivity index (χ4n) is 2.39. The molecule has 0 atom stereocenters. The highest BCUT2D eigenvalue weighted by molar-refractivity contribution is 9.10. The van der Waals surface area contributed by atoms with Crippen molar-refractivity contribution in [3.05, 3.63) is 93.7 Å². The van der Waals surface area contributed by atoms with E-state index < -0.39 is 11.8 Å². The van der Waals surface area contributed by atoms with Gasteiger partial charge in [-0.15, -0.1) is 0 Å². The van der Waals surface area contributed by atoms with Gasteiger partial charge in [-0.1, -0.05) is 0 Å². The maximum absolute atomic E-state index is 13.0. The van der Waals surface area contributed by atoms with E-state index in [-0.39, 0.29) is 5.78 Å². The normalized spacial score (nSPS) is 10.3. The summed E-state index contributed by atoms with van der Waals surface area (Å²) in [5, 5.41) is 0. The summed E-state index contributed by atoms with van der Waals surface area (Å²) >= 11 is 3.31. The van der Waals surface area contributed by atoms with Crippen molar-refractivity contribution in [2.75, 3.05) is 7.11 Å². The zero-order chi connectivity index (χ0) is 19.4. The number of hydrogen-bond acceptors (Lipinski definition) is 4. The fourth-order valence-corrected chi connectivity index (χ4v) is 2.80. The molecule has 0 aliphatic heterocycles. The largest absolute Gasteiger partial charge is 0.497 e. The molecule has 0 radical (unpaired) electrons. The molecule has 27 heavy (non-hydrogen) atoms. The van der Waals surface area contributed by atoms with Gasteiger partial charge in [0.2, 0.25) is 0 Å². The molecule has 6 heteroatoms. The lowest BCUT2D eigenvalue weighted by molar-refractivity contribution is 0.0733. The molecule has 0 heterocycles. The van der Waals surface area contributed by atoms with Crippen LogP contribution in [-0.2, 0) is 0 Å². The summed E-state index contributed by atoms with van der Waals surface area (Å²) in [4.78, 5) is 24.7. The summed E-state index contributed by atoms with van der Waals surface area (Å²) < 4.78 is 24.0. The number of methoxy groups -OCH3 is 1. The number of carbonyl (C=O) groups is 2. The molecule has 3 aromatic carbocycles. The third-order valence-corrected chi connectivity index (χ3v) is 4.52. The zero-order valence-corrected chi connectivity index (χ0v) is 15.8. The summed E-state index contributed by atoms with van der Waals surface area (Å²) in [5.41, 5.74) is 1.10. The van der Waals surface area contributed by atoms with E-state index in [1.165, 1.54) is 43.5 Å². The molecular weight excluding hydrogens is 415 g/mol. The van der Waals surface area contributed by atoms with Gasteiger partial charge in [0.15, 0.2) is 5.78 Å². The topological polar surface area (TPSA) is 52.6 Å². The first-order valence-electron chi connectivity index (χ1n) is 7.94. The van der Waals surface area contributed by atoms with E-state index in [0.717, 1.165) is 0 Å². The maximum atomic E-state index is 13.0. The Balaban J connectivity index is 1.75. The first-order valence-corrected chi connectivity index (χ1v) is 8.73. The number of ether oxygens (including phenoxy) is 2. The minimum atomic E-state index is -0.557. The smallest absolute Gasteiger partial charge is 0.344 e. The van der Waals surface area contributed by atoms with Crippen LogP contribution in [0, 0.1) is 5.82 Å². The van der Waals surface area contributed by atoms with Crippen LogP contribution >= 0.6 is 15.9 Å². The summed E-state index contributed by atoms with van der Waals surface area (Å²) in [7, 11) is 1.51. The molecule has 0 saturated carbocycles. The van der Waals surface area contributed by atoms with E-state index >= 15 is 0 Å². The van der Waals surface area contributed by atoms with Gasteiger partial charge in [0.1, 0.15) is 17.3 Å². The molecule has 0 aromatic heterocycles. The van der Waals surface area contributed by atoms with Gasteiger partial charge in [-0.3, -0.25) is 4.79 Å². The molecule has 0 N–H and O–H groups in total. The molecule has 0 spiro atoms. The first-order chi connectivity index (χ1) is 13.0. The van der Waals surface area contributed by atoms with Crippen LogP contribution in [-0.4, -0.2) is 18.9 Å². The van der Waals surface area contributed by atoms with Crippen LogP contribution in [0.25, 0.3) is 0 Å². The Bertz CT molecular complexity index is 982. The van der Waals surface area contributed by atoms with Crippen molar-refractivity contribution >= 4 is 27.7 Å². The molecule has 0 unspecified atom stereocenters. The molecule has 0 aliphatic carbocycles. The third-order valence-electron chi connectivity index (χ3n) is 3.83. The summed E-state index contributed by atoms with van der Waals surface area (Å²) in [6.07, 6.45) is 0. The second-order valence-electron chi connectivity index (χ2n) is 5.60. The molecule has 0 fully saturated rings. The van der Waals surface area contributed by atoms with Gasteiger partial charge >= 0.3 is 5.97 Å².